The zero-order valence-electron chi connectivity index (χ0n) is 4.52. The SMILES string of the molecule is CCC=CC=C[NH]. The van der Waals surface area contributed by atoms with Crippen LogP contribution in [0.4, 0.5) is 0 Å². The quantitative estimate of drug-likeness (QED) is 0.468. The van der Waals surface area contributed by atoms with Crippen LogP contribution in [0.3, 0.4) is 0 Å². The van der Waals surface area contributed by atoms with Crippen LogP contribution in [0.2, 0.25) is 0 Å². The van der Waals surface area contributed by atoms with E-state index in [-0.39, 0.29) is 0 Å². The van der Waals surface area contributed by atoms with Gasteiger partial charge in [0.2, 0.25) is 0 Å². The second kappa shape index (κ2) is 5.28. The van der Waals surface area contributed by atoms with Crippen LogP contribution in [0.15, 0.2) is 24.4 Å². The lowest BCUT2D eigenvalue weighted by molar-refractivity contribution is 1.22. The van der Waals surface area contributed by atoms with Gasteiger partial charge in [-0.05, 0) is 12.5 Å². The largest absolute Gasteiger partial charge is 0.309 e. The molecule has 0 aromatic rings. The molecule has 0 aliphatic rings. The molecule has 0 heterocycles. The third kappa shape index (κ3) is 5.28. The molecule has 0 bridgehead atoms. The molecular formula is C6H10N. The zero-order chi connectivity index (χ0) is 5.54. The number of hydrogen-bond donors (Lipinski definition) is 0. The van der Waals surface area contributed by atoms with Crippen molar-refractivity contribution < 1.29 is 0 Å². The molecule has 7 heavy (non-hydrogen) atoms. The molecule has 0 rings (SSSR count). The molecule has 1 nitrogen and oxygen atoms in total. The fourth-order valence-corrected chi connectivity index (χ4v) is 0.270. The lowest BCUT2D eigenvalue weighted by Crippen LogP contribution is -1.52. The van der Waals surface area contributed by atoms with Crippen molar-refractivity contribution in [3.8, 4) is 0 Å². The Morgan fingerprint density at radius 3 is 2.57 bits per heavy atom. The highest BCUT2D eigenvalue weighted by molar-refractivity contribution is 4.99. The molecule has 1 N–H and O–H groups in total. The summed E-state index contributed by atoms with van der Waals surface area (Å²) in [6.07, 6.45) is 7.89. The first-order valence-corrected chi connectivity index (χ1v) is 2.40. The highest BCUT2D eigenvalue weighted by atomic mass is 14.5. The summed E-state index contributed by atoms with van der Waals surface area (Å²) < 4.78 is 0. The first kappa shape index (κ1) is 6.28. The van der Waals surface area contributed by atoms with Crippen LogP contribution in [0.25, 0.3) is 0 Å². The van der Waals surface area contributed by atoms with Gasteiger partial charge >= 0.3 is 0 Å². The molecule has 0 spiro atoms. The van der Waals surface area contributed by atoms with Crippen molar-refractivity contribution in [2.24, 2.45) is 0 Å². The predicted molar refractivity (Wildman–Crippen MR) is 31.7 cm³/mol. The van der Waals surface area contributed by atoms with Crippen LogP contribution in [-0.4, -0.2) is 0 Å². The molecule has 0 fully saturated rings. The molecule has 0 aliphatic carbocycles. The Morgan fingerprint density at radius 1 is 1.43 bits per heavy atom. The van der Waals surface area contributed by atoms with Crippen LogP contribution in [0.5, 0.6) is 0 Å². The molecule has 0 saturated carbocycles. The van der Waals surface area contributed by atoms with Gasteiger partial charge in [-0.3, -0.25) is 0 Å². The Bertz CT molecular complexity index is 72.2. The second-order valence-corrected chi connectivity index (χ2v) is 1.20. The van der Waals surface area contributed by atoms with Crippen molar-refractivity contribution in [2.45, 2.75) is 13.3 Å². The van der Waals surface area contributed by atoms with Crippen LogP contribution < -0.4 is 5.73 Å². The van der Waals surface area contributed by atoms with Crippen LogP contribution in [-0.2, 0) is 0 Å². The van der Waals surface area contributed by atoms with Crippen molar-refractivity contribution in [3.63, 3.8) is 0 Å². The predicted octanol–water partition coefficient (Wildman–Crippen LogP) is 1.75. The summed E-state index contributed by atoms with van der Waals surface area (Å²) in [4.78, 5) is 0. The summed E-state index contributed by atoms with van der Waals surface area (Å²) in [5.74, 6) is 0. The molecule has 0 amide bonds. The topological polar surface area (TPSA) is 23.8 Å². The minimum atomic E-state index is 1.05. The minimum absolute atomic E-state index is 1.05. The molecule has 0 atom stereocenters. The molecule has 39 valence electrons. The Hall–Kier alpha value is -0.720. The van der Waals surface area contributed by atoms with Crippen LogP contribution >= 0.6 is 0 Å². The van der Waals surface area contributed by atoms with Crippen LogP contribution in [0, 0.1) is 0 Å². The monoisotopic (exact) mass is 96.1 g/mol. The van der Waals surface area contributed by atoms with E-state index in [1.54, 1.807) is 6.08 Å². The number of nitrogens with one attached hydrogen (secondary N) is 1. The summed E-state index contributed by atoms with van der Waals surface area (Å²) >= 11 is 0. The van der Waals surface area contributed by atoms with E-state index in [1.165, 1.54) is 6.20 Å². The molecule has 1 radical (unpaired) electrons. The van der Waals surface area contributed by atoms with Gasteiger partial charge in [-0.2, -0.15) is 0 Å². The van der Waals surface area contributed by atoms with Gasteiger partial charge in [-0.15, -0.1) is 0 Å². The maximum Gasteiger partial charge on any atom is 0.0177 e. The fraction of sp³-hybridized carbons (Fsp3) is 0.333. The molecule has 1 heteroatoms. The average molecular weight is 96.2 g/mol. The normalized spacial score (nSPS) is 11.6. The van der Waals surface area contributed by atoms with Gasteiger partial charge in [-0.25, -0.2) is 0 Å². The van der Waals surface area contributed by atoms with Crippen molar-refractivity contribution >= 4 is 0 Å². The molecule has 0 aromatic heterocycles. The van der Waals surface area contributed by atoms with E-state index in [9.17, 15) is 0 Å². The van der Waals surface area contributed by atoms with Gasteiger partial charge in [0, 0.05) is 6.20 Å². The molecule has 0 aromatic carbocycles. The van der Waals surface area contributed by atoms with E-state index >= 15 is 0 Å². The summed E-state index contributed by atoms with van der Waals surface area (Å²) in [5.41, 5.74) is 6.55. The molecule has 0 aliphatic heterocycles. The third-order valence-electron chi connectivity index (χ3n) is 0.579. The smallest absolute Gasteiger partial charge is 0.0177 e. The number of allylic oxidation sites excluding steroid dienone is 3. The van der Waals surface area contributed by atoms with E-state index in [4.69, 9.17) is 5.73 Å². The average Bonchev–Trinajstić information content (AvgIpc) is 1.69. The highest BCUT2D eigenvalue weighted by Gasteiger charge is 1.58. The van der Waals surface area contributed by atoms with Gasteiger partial charge in [0.15, 0.2) is 0 Å². The van der Waals surface area contributed by atoms with Gasteiger partial charge in [0.05, 0.1) is 0 Å². The van der Waals surface area contributed by atoms with Crippen molar-refractivity contribution in [1.82, 2.24) is 5.73 Å². The van der Waals surface area contributed by atoms with Crippen molar-refractivity contribution in [1.29, 1.82) is 0 Å². The lowest BCUT2D eigenvalue weighted by atomic mass is 10.4. The highest BCUT2D eigenvalue weighted by Crippen LogP contribution is 1.78. The van der Waals surface area contributed by atoms with Crippen molar-refractivity contribution in [3.05, 3.63) is 24.4 Å². The van der Waals surface area contributed by atoms with Gasteiger partial charge in [-0.1, -0.05) is 19.1 Å². The molecule has 0 unspecified atom stereocenters. The summed E-state index contributed by atoms with van der Waals surface area (Å²) in [5, 5.41) is 0. The molecular weight excluding hydrogens is 86.1 g/mol. The standard InChI is InChI=1S/C6H10N/c1-2-3-4-5-6-7/h3-7H,2H2,1H3. The summed E-state index contributed by atoms with van der Waals surface area (Å²) in [7, 11) is 0. The van der Waals surface area contributed by atoms with Gasteiger partial charge in [0.1, 0.15) is 0 Å². The first-order chi connectivity index (χ1) is 3.41. The molecule has 0 saturated heterocycles. The Labute approximate surface area is 44.5 Å². The van der Waals surface area contributed by atoms with E-state index in [0.29, 0.717) is 0 Å². The van der Waals surface area contributed by atoms with Crippen molar-refractivity contribution in [2.75, 3.05) is 0 Å². The Balaban J connectivity index is 3.09. The zero-order valence-corrected chi connectivity index (χ0v) is 4.52. The summed E-state index contributed by atoms with van der Waals surface area (Å²) in [6, 6.07) is 0. The summed E-state index contributed by atoms with van der Waals surface area (Å²) in [6.45, 7) is 2.06. The minimum Gasteiger partial charge on any atom is -0.309 e. The fourth-order valence-electron chi connectivity index (χ4n) is 0.270. The third-order valence-corrected chi connectivity index (χ3v) is 0.579. The number of hydrogen-bond acceptors (Lipinski definition) is 0. The second-order valence-electron chi connectivity index (χ2n) is 1.20. The maximum atomic E-state index is 6.55. The van der Waals surface area contributed by atoms with E-state index in [1.807, 2.05) is 12.2 Å². The Morgan fingerprint density at radius 2 is 2.14 bits per heavy atom. The van der Waals surface area contributed by atoms with E-state index in [0.717, 1.165) is 6.42 Å². The first-order valence-electron chi connectivity index (χ1n) is 2.40. The van der Waals surface area contributed by atoms with E-state index < -0.39 is 0 Å². The van der Waals surface area contributed by atoms with Gasteiger partial charge < -0.3 is 5.73 Å². The van der Waals surface area contributed by atoms with Gasteiger partial charge in [0.25, 0.3) is 0 Å². The van der Waals surface area contributed by atoms with Crippen LogP contribution in [0.1, 0.15) is 13.3 Å². The number of rotatable bonds is 2. The Kier molecular flexibility index (Phi) is 4.74. The van der Waals surface area contributed by atoms with E-state index in [2.05, 4.69) is 6.92 Å². The lowest BCUT2D eigenvalue weighted by Gasteiger charge is -1.70. The maximum absolute atomic E-state index is 6.55.